The molecule has 0 saturated carbocycles. The molecule has 1 aliphatic carbocycles. The third-order valence-electron chi connectivity index (χ3n) is 2.96. The Balaban J connectivity index is 2.46. The van der Waals surface area contributed by atoms with Crippen LogP contribution in [-0.2, 0) is 6.42 Å². The monoisotopic (exact) mass is 190 g/mol. The number of aliphatic hydroxyl groups is 1. The minimum atomic E-state index is -0.547. The molecule has 2 unspecified atom stereocenters. The predicted octanol–water partition coefficient (Wildman–Crippen LogP) is 1.73. The van der Waals surface area contributed by atoms with Gasteiger partial charge in [0.15, 0.2) is 5.78 Å². The van der Waals surface area contributed by atoms with Crippen LogP contribution >= 0.6 is 0 Å². The summed E-state index contributed by atoms with van der Waals surface area (Å²) in [5.74, 6) is -0.126. The molecule has 1 N–H and O–H groups in total. The van der Waals surface area contributed by atoms with Crippen molar-refractivity contribution in [1.29, 1.82) is 0 Å². The number of hydrogen-bond acceptors (Lipinski definition) is 2. The molecular formula is C12H14O2. The number of Topliss-reactive ketones (excluding diaryl/α,β-unsaturated/α-hetero) is 1. The van der Waals surface area contributed by atoms with Crippen molar-refractivity contribution in [2.45, 2.75) is 26.4 Å². The molecule has 1 aromatic rings. The molecule has 2 heteroatoms. The second-order valence-corrected chi connectivity index (χ2v) is 4.02. The number of aliphatic hydroxyl groups excluding tert-OH is 1. The maximum absolute atomic E-state index is 11.9. The fourth-order valence-electron chi connectivity index (χ4n) is 2.16. The molecule has 0 saturated heterocycles. The zero-order valence-electron chi connectivity index (χ0n) is 8.45. The van der Waals surface area contributed by atoms with E-state index in [2.05, 4.69) is 0 Å². The van der Waals surface area contributed by atoms with E-state index in [1.807, 2.05) is 25.1 Å². The van der Waals surface area contributed by atoms with Crippen LogP contribution in [0.1, 0.15) is 28.4 Å². The van der Waals surface area contributed by atoms with Gasteiger partial charge in [0.05, 0.1) is 12.0 Å². The molecule has 0 fully saturated rings. The largest absolute Gasteiger partial charge is 0.393 e. The van der Waals surface area contributed by atoms with Gasteiger partial charge in [0, 0.05) is 5.56 Å². The van der Waals surface area contributed by atoms with Crippen molar-refractivity contribution in [2.24, 2.45) is 5.92 Å². The van der Waals surface area contributed by atoms with Gasteiger partial charge in [-0.2, -0.15) is 0 Å². The van der Waals surface area contributed by atoms with Crippen molar-refractivity contribution < 1.29 is 9.90 Å². The van der Waals surface area contributed by atoms with Crippen LogP contribution in [0.3, 0.4) is 0 Å². The highest BCUT2D eigenvalue weighted by molar-refractivity contribution is 6.03. The Kier molecular flexibility index (Phi) is 2.16. The molecule has 0 spiro atoms. The molecule has 74 valence electrons. The molecule has 14 heavy (non-hydrogen) atoms. The van der Waals surface area contributed by atoms with Crippen molar-refractivity contribution >= 4 is 5.78 Å². The van der Waals surface area contributed by atoms with Crippen molar-refractivity contribution in [3.05, 3.63) is 34.9 Å². The highest BCUT2D eigenvalue weighted by atomic mass is 16.3. The smallest absolute Gasteiger partial charge is 0.169 e. The van der Waals surface area contributed by atoms with E-state index in [-0.39, 0.29) is 11.7 Å². The van der Waals surface area contributed by atoms with E-state index in [1.54, 1.807) is 6.92 Å². The Bertz CT molecular complexity index is 380. The SMILES string of the molecule is Cc1cccc2c1C(=O)C(C(C)O)C2. The maximum Gasteiger partial charge on any atom is 0.169 e. The van der Waals surface area contributed by atoms with Gasteiger partial charge in [-0.05, 0) is 31.4 Å². The van der Waals surface area contributed by atoms with Gasteiger partial charge in [-0.25, -0.2) is 0 Å². The molecule has 0 heterocycles. The number of hydrogen-bond donors (Lipinski definition) is 1. The normalized spacial score (nSPS) is 22.2. The summed E-state index contributed by atoms with van der Waals surface area (Å²) < 4.78 is 0. The summed E-state index contributed by atoms with van der Waals surface area (Å²) >= 11 is 0. The Morgan fingerprint density at radius 3 is 2.79 bits per heavy atom. The Hall–Kier alpha value is -1.15. The number of carbonyl (C=O) groups is 1. The van der Waals surface area contributed by atoms with E-state index < -0.39 is 6.10 Å². The predicted molar refractivity (Wildman–Crippen MR) is 54.4 cm³/mol. The lowest BCUT2D eigenvalue weighted by molar-refractivity contribution is 0.0757. The molecule has 0 bridgehead atoms. The van der Waals surface area contributed by atoms with E-state index >= 15 is 0 Å². The topological polar surface area (TPSA) is 37.3 Å². The van der Waals surface area contributed by atoms with Crippen LogP contribution in [0.15, 0.2) is 18.2 Å². The highest BCUT2D eigenvalue weighted by Gasteiger charge is 2.34. The van der Waals surface area contributed by atoms with Crippen molar-refractivity contribution in [3.63, 3.8) is 0 Å². The highest BCUT2D eigenvalue weighted by Crippen LogP contribution is 2.30. The summed E-state index contributed by atoms with van der Waals surface area (Å²) in [5.41, 5.74) is 2.94. The minimum Gasteiger partial charge on any atom is -0.393 e. The lowest BCUT2D eigenvalue weighted by atomic mass is 9.99. The number of aryl methyl sites for hydroxylation is 1. The lowest BCUT2D eigenvalue weighted by Crippen LogP contribution is -2.22. The van der Waals surface area contributed by atoms with Gasteiger partial charge < -0.3 is 5.11 Å². The summed E-state index contributed by atoms with van der Waals surface area (Å²) in [7, 11) is 0. The Labute approximate surface area is 83.6 Å². The summed E-state index contributed by atoms with van der Waals surface area (Å²) in [6.45, 7) is 3.63. The van der Waals surface area contributed by atoms with Crippen molar-refractivity contribution in [3.8, 4) is 0 Å². The molecule has 2 rings (SSSR count). The molecule has 0 aromatic heterocycles. The minimum absolute atomic E-state index is 0.105. The second kappa shape index (κ2) is 3.21. The summed E-state index contributed by atoms with van der Waals surface area (Å²) in [4.78, 5) is 11.9. The summed E-state index contributed by atoms with van der Waals surface area (Å²) in [6, 6.07) is 5.88. The maximum atomic E-state index is 11.9. The fourth-order valence-corrected chi connectivity index (χ4v) is 2.16. The lowest BCUT2D eigenvalue weighted by Gasteiger charge is -2.10. The zero-order chi connectivity index (χ0) is 10.3. The van der Waals surface area contributed by atoms with E-state index in [0.29, 0.717) is 6.42 Å². The van der Waals surface area contributed by atoms with E-state index in [0.717, 1.165) is 16.7 Å². The standard InChI is InChI=1S/C12H14O2/c1-7-4-3-5-9-6-10(8(2)13)12(14)11(7)9/h3-5,8,10,13H,6H2,1-2H3. The van der Waals surface area contributed by atoms with Gasteiger partial charge in [-0.1, -0.05) is 18.2 Å². The van der Waals surface area contributed by atoms with Gasteiger partial charge in [0.2, 0.25) is 0 Å². The zero-order valence-corrected chi connectivity index (χ0v) is 8.45. The van der Waals surface area contributed by atoms with Crippen LogP contribution in [0.5, 0.6) is 0 Å². The van der Waals surface area contributed by atoms with Gasteiger partial charge in [-0.3, -0.25) is 4.79 Å². The molecule has 0 aliphatic heterocycles. The molecule has 0 amide bonds. The van der Waals surface area contributed by atoms with Crippen LogP contribution in [0, 0.1) is 12.8 Å². The molecular weight excluding hydrogens is 176 g/mol. The number of benzene rings is 1. The molecule has 2 atom stereocenters. The average molecular weight is 190 g/mol. The van der Waals surface area contributed by atoms with Gasteiger partial charge >= 0.3 is 0 Å². The van der Waals surface area contributed by atoms with Crippen LogP contribution in [0.4, 0.5) is 0 Å². The van der Waals surface area contributed by atoms with E-state index in [9.17, 15) is 9.90 Å². The van der Waals surface area contributed by atoms with Gasteiger partial charge in [0.1, 0.15) is 0 Å². The molecule has 1 aromatic carbocycles. The number of fused-ring (bicyclic) bond motifs is 1. The average Bonchev–Trinajstić information content (AvgIpc) is 2.45. The first-order valence-electron chi connectivity index (χ1n) is 4.92. The second-order valence-electron chi connectivity index (χ2n) is 4.02. The number of ketones is 1. The fraction of sp³-hybridized carbons (Fsp3) is 0.417. The Morgan fingerprint density at radius 1 is 1.50 bits per heavy atom. The first-order chi connectivity index (χ1) is 6.61. The summed E-state index contributed by atoms with van der Waals surface area (Å²) in [5, 5.41) is 9.46. The van der Waals surface area contributed by atoms with Gasteiger partial charge in [-0.15, -0.1) is 0 Å². The van der Waals surface area contributed by atoms with E-state index in [1.165, 1.54) is 0 Å². The van der Waals surface area contributed by atoms with Crippen LogP contribution in [-0.4, -0.2) is 17.0 Å². The van der Waals surface area contributed by atoms with Crippen LogP contribution in [0.2, 0.25) is 0 Å². The van der Waals surface area contributed by atoms with Crippen LogP contribution in [0.25, 0.3) is 0 Å². The number of carbonyl (C=O) groups excluding carboxylic acids is 1. The third kappa shape index (κ3) is 1.26. The van der Waals surface area contributed by atoms with Crippen molar-refractivity contribution in [2.75, 3.05) is 0 Å². The third-order valence-corrected chi connectivity index (χ3v) is 2.96. The first kappa shape index (κ1) is 9.41. The van der Waals surface area contributed by atoms with Gasteiger partial charge in [0.25, 0.3) is 0 Å². The van der Waals surface area contributed by atoms with Crippen molar-refractivity contribution in [1.82, 2.24) is 0 Å². The molecule has 1 aliphatic rings. The Morgan fingerprint density at radius 2 is 2.21 bits per heavy atom. The van der Waals surface area contributed by atoms with E-state index in [4.69, 9.17) is 0 Å². The molecule has 0 radical (unpaired) electrons. The molecule has 2 nitrogen and oxygen atoms in total. The number of rotatable bonds is 1. The summed E-state index contributed by atoms with van der Waals surface area (Å²) in [6.07, 6.45) is 0.141. The first-order valence-corrected chi connectivity index (χ1v) is 4.92. The quantitative estimate of drug-likeness (QED) is 0.732. The van der Waals surface area contributed by atoms with Crippen LogP contribution < -0.4 is 0 Å².